The van der Waals surface area contributed by atoms with Gasteiger partial charge in [-0.05, 0) is 57.2 Å². The van der Waals surface area contributed by atoms with Gasteiger partial charge < -0.3 is 9.84 Å². The summed E-state index contributed by atoms with van der Waals surface area (Å²) in [5.74, 6) is -0.936. The van der Waals surface area contributed by atoms with Crippen LogP contribution in [0, 0.1) is 32.6 Å². The molecule has 0 aliphatic carbocycles. The van der Waals surface area contributed by atoms with Crippen LogP contribution < -0.4 is 0 Å². The number of benzene rings is 1. The van der Waals surface area contributed by atoms with Crippen molar-refractivity contribution in [2.45, 2.75) is 54.1 Å². The summed E-state index contributed by atoms with van der Waals surface area (Å²) in [7, 11) is 0. The molecule has 0 radical (unpaired) electrons. The second-order valence-electron chi connectivity index (χ2n) is 6.39. The van der Waals surface area contributed by atoms with Crippen molar-refractivity contribution < 1.29 is 14.6 Å². The molecule has 0 bridgehead atoms. The standard InChI is InChI=1S/C18H28O3/c1-8-21-17(19)15(11(2)3)18(7,20)16-13(5)9-12(4)10-14(16)6/h9-11,15,20H,8H2,1-7H3. The molecule has 1 aromatic carbocycles. The number of hydrogen-bond donors (Lipinski definition) is 1. The number of aliphatic hydroxyl groups is 1. The van der Waals surface area contributed by atoms with Crippen molar-refractivity contribution in [1.82, 2.24) is 0 Å². The molecule has 0 heterocycles. The second-order valence-corrected chi connectivity index (χ2v) is 6.39. The number of carbonyl (C=O) groups is 1. The number of carbonyl (C=O) groups excluding carboxylic acids is 1. The largest absolute Gasteiger partial charge is 0.466 e. The second kappa shape index (κ2) is 6.61. The van der Waals surface area contributed by atoms with Gasteiger partial charge in [-0.15, -0.1) is 0 Å². The van der Waals surface area contributed by atoms with Crippen LogP contribution in [0.1, 0.15) is 49.9 Å². The minimum Gasteiger partial charge on any atom is -0.466 e. The number of aryl methyl sites for hydroxylation is 3. The van der Waals surface area contributed by atoms with Gasteiger partial charge in [-0.1, -0.05) is 31.5 Å². The third kappa shape index (κ3) is 3.65. The maximum Gasteiger partial charge on any atom is 0.312 e. The van der Waals surface area contributed by atoms with Gasteiger partial charge in [-0.2, -0.15) is 0 Å². The van der Waals surface area contributed by atoms with Gasteiger partial charge in [0.05, 0.1) is 12.5 Å². The van der Waals surface area contributed by atoms with Crippen molar-refractivity contribution in [3.8, 4) is 0 Å². The molecule has 2 unspecified atom stereocenters. The molecule has 0 aromatic heterocycles. The van der Waals surface area contributed by atoms with Crippen LogP contribution in [-0.4, -0.2) is 17.7 Å². The van der Waals surface area contributed by atoms with Crippen LogP contribution in [0.25, 0.3) is 0 Å². The number of esters is 1. The molecule has 0 saturated heterocycles. The molecule has 0 aliphatic heterocycles. The first-order valence-electron chi connectivity index (χ1n) is 7.60. The van der Waals surface area contributed by atoms with Gasteiger partial charge in [0.2, 0.25) is 0 Å². The smallest absolute Gasteiger partial charge is 0.312 e. The molecule has 3 nitrogen and oxygen atoms in total. The summed E-state index contributed by atoms with van der Waals surface area (Å²) in [6.07, 6.45) is 0. The van der Waals surface area contributed by atoms with E-state index in [1.165, 1.54) is 0 Å². The molecule has 21 heavy (non-hydrogen) atoms. The average molecular weight is 292 g/mol. The van der Waals surface area contributed by atoms with E-state index >= 15 is 0 Å². The van der Waals surface area contributed by atoms with Crippen LogP contribution >= 0.6 is 0 Å². The fraction of sp³-hybridized carbons (Fsp3) is 0.611. The lowest BCUT2D eigenvalue weighted by Crippen LogP contribution is -2.42. The third-order valence-corrected chi connectivity index (χ3v) is 4.00. The normalized spacial score (nSPS) is 15.7. The zero-order chi connectivity index (χ0) is 16.4. The number of rotatable bonds is 5. The summed E-state index contributed by atoms with van der Waals surface area (Å²) in [5.41, 5.74) is 2.75. The molecule has 3 heteroatoms. The van der Waals surface area contributed by atoms with Crippen LogP contribution in [0.5, 0.6) is 0 Å². The fourth-order valence-corrected chi connectivity index (χ4v) is 3.52. The predicted octanol–water partition coefficient (Wildman–Crippen LogP) is 3.65. The molecule has 0 fully saturated rings. The van der Waals surface area contributed by atoms with E-state index in [0.717, 1.165) is 22.3 Å². The molecule has 1 aromatic rings. The van der Waals surface area contributed by atoms with Gasteiger partial charge in [0.15, 0.2) is 0 Å². The quantitative estimate of drug-likeness (QED) is 0.843. The lowest BCUT2D eigenvalue weighted by molar-refractivity contribution is -0.161. The van der Waals surface area contributed by atoms with Crippen molar-refractivity contribution in [1.29, 1.82) is 0 Å². The van der Waals surface area contributed by atoms with Crippen molar-refractivity contribution in [2.75, 3.05) is 6.61 Å². The van der Waals surface area contributed by atoms with E-state index in [2.05, 4.69) is 0 Å². The first-order chi connectivity index (χ1) is 9.62. The van der Waals surface area contributed by atoms with E-state index in [1.807, 2.05) is 46.8 Å². The highest BCUT2D eigenvalue weighted by Gasteiger charge is 2.43. The first kappa shape index (κ1) is 17.7. The Labute approximate surface area is 128 Å². The van der Waals surface area contributed by atoms with Gasteiger partial charge >= 0.3 is 5.97 Å². The summed E-state index contributed by atoms with van der Waals surface area (Å²) in [6, 6.07) is 4.08. The Morgan fingerprint density at radius 2 is 1.71 bits per heavy atom. The van der Waals surface area contributed by atoms with Crippen LogP contribution in [0.3, 0.4) is 0 Å². The van der Waals surface area contributed by atoms with Crippen LogP contribution in [0.4, 0.5) is 0 Å². The van der Waals surface area contributed by atoms with Gasteiger partial charge in [-0.25, -0.2) is 0 Å². The lowest BCUT2D eigenvalue weighted by atomic mass is 9.73. The molecular weight excluding hydrogens is 264 g/mol. The summed E-state index contributed by atoms with van der Waals surface area (Å²) in [5, 5.41) is 11.2. The van der Waals surface area contributed by atoms with E-state index < -0.39 is 11.5 Å². The SMILES string of the molecule is CCOC(=O)C(C(C)C)C(C)(O)c1c(C)cc(C)cc1C. The number of hydrogen-bond acceptors (Lipinski definition) is 3. The van der Waals surface area contributed by atoms with Crippen LogP contribution in [-0.2, 0) is 15.1 Å². The molecule has 2 atom stereocenters. The zero-order valence-electron chi connectivity index (χ0n) is 14.3. The monoisotopic (exact) mass is 292 g/mol. The maximum atomic E-state index is 12.3. The topological polar surface area (TPSA) is 46.5 Å². The Morgan fingerprint density at radius 1 is 1.24 bits per heavy atom. The average Bonchev–Trinajstić information content (AvgIpc) is 2.25. The summed E-state index contributed by atoms with van der Waals surface area (Å²) >= 11 is 0. The summed E-state index contributed by atoms with van der Waals surface area (Å²) < 4.78 is 5.18. The minimum atomic E-state index is -1.25. The highest BCUT2D eigenvalue weighted by molar-refractivity contribution is 5.75. The molecule has 0 amide bonds. The van der Waals surface area contributed by atoms with Crippen LogP contribution in [0.15, 0.2) is 12.1 Å². The maximum absolute atomic E-state index is 12.3. The van der Waals surface area contributed by atoms with Crippen molar-refractivity contribution in [2.24, 2.45) is 11.8 Å². The molecule has 0 spiro atoms. The fourth-order valence-electron chi connectivity index (χ4n) is 3.52. The number of ether oxygens (including phenoxy) is 1. The van der Waals surface area contributed by atoms with E-state index in [-0.39, 0.29) is 11.9 Å². The van der Waals surface area contributed by atoms with E-state index in [1.54, 1.807) is 13.8 Å². The summed E-state index contributed by atoms with van der Waals surface area (Å²) in [4.78, 5) is 12.3. The summed E-state index contributed by atoms with van der Waals surface area (Å²) in [6.45, 7) is 13.7. The van der Waals surface area contributed by atoms with Gasteiger partial charge in [0.25, 0.3) is 0 Å². The molecule has 0 saturated carbocycles. The van der Waals surface area contributed by atoms with E-state index in [9.17, 15) is 9.90 Å². The Kier molecular flexibility index (Phi) is 5.57. The molecule has 1 rings (SSSR count). The van der Waals surface area contributed by atoms with Gasteiger partial charge in [0.1, 0.15) is 5.60 Å². The van der Waals surface area contributed by atoms with Gasteiger partial charge in [-0.3, -0.25) is 4.79 Å². The van der Waals surface area contributed by atoms with Crippen molar-refractivity contribution in [3.05, 3.63) is 34.4 Å². The Balaban J connectivity index is 3.39. The zero-order valence-corrected chi connectivity index (χ0v) is 14.3. The Bertz CT molecular complexity index is 492. The highest BCUT2D eigenvalue weighted by atomic mass is 16.5. The van der Waals surface area contributed by atoms with E-state index in [0.29, 0.717) is 6.61 Å². The third-order valence-electron chi connectivity index (χ3n) is 4.00. The Morgan fingerprint density at radius 3 is 2.10 bits per heavy atom. The van der Waals surface area contributed by atoms with Gasteiger partial charge in [0, 0.05) is 0 Å². The molecule has 118 valence electrons. The van der Waals surface area contributed by atoms with E-state index in [4.69, 9.17) is 4.74 Å². The lowest BCUT2D eigenvalue weighted by Gasteiger charge is -2.36. The Hall–Kier alpha value is -1.35. The van der Waals surface area contributed by atoms with Crippen molar-refractivity contribution in [3.63, 3.8) is 0 Å². The minimum absolute atomic E-state index is 0.0147. The van der Waals surface area contributed by atoms with Crippen molar-refractivity contribution >= 4 is 5.97 Å². The molecular formula is C18H28O3. The molecule has 1 N–H and O–H groups in total. The highest BCUT2D eigenvalue weighted by Crippen LogP contribution is 2.38. The van der Waals surface area contributed by atoms with Crippen LogP contribution in [0.2, 0.25) is 0 Å². The first-order valence-corrected chi connectivity index (χ1v) is 7.60. The predicted molar refractivity (Wildman–Crippen MR) is 85.2 cm³/mol. The molecule has 0 aliphatic rings.